The summed E-state index contributed by atoms with van der Waals surface area (Å²) >= 11 is 0. The van der Waals surface area contributed by atoms with Gasteiger partial charge in [0.25, 0.3) is 0 Å². The molecule has 1 rings (SSSR count). The van der Waals surface area contributed by atoms with Crippen LogP contribution in [0.5, 0.6) is 5.75 Å². The summed E-state index contributed by atoms with van der Waals surface area (Å²) in [7, 11) is 0. The Labute approximate surface area is 278 Å². The number of rotatable bonds is 21. The Kier molecular flexibility index (Phi) is 19.1. The lowest BCUT2D eigenvalue weighted by Gasteiger charge is -2.30. The smallest absolute Gasteiger partial charge is 0.428 e. The summed E-state index contributed by atoms with van der Waals surface area (Å²) in [5.74, 6) is 0.667. The molecular weight excluding hydrogens is 558 g/mol. The fourth-order valence-electron chi connectivity index (χ4n) is 5.66. The summed E-state index contributed by atoms with van der Waals surface area (Å²) in [5.41, 5.74) is 1.82. The van der Waals surface area contributed by atoms with Crippen molar-refractivity contribution < 1.29 is 19.1 Å². The topological polar surface area (TPSA) is 64.6 Å². The van der Waals surface area contributed by atoms with Gasteiger partial charge in [0.15, 0.2) is 0 Å². The lowest BCUT2D eigenvalue weighted by molar-refractivity contribution is -0.121. The van der Waals surface area contributed by atoms with Crippen LogP contribution in [0.25, 0.3) is 0 Å². The Morgan fingerprint density at radius 1 is 0.622 bits per heavy atom. The maximum absolute atomic E-state index is 12.7. The van der Waals surface area contributed by atoms with Crippen LogP contribution in [0.4, 0.5) is 4.79 Å². The van der Waals surface area contributed by atoms with Crippen LogP contribution in [0.2, 0.25) is 0 Å². The van der Waals surface area contributed by atoms with E-state index in [0.29, 0.717) is 18.6 Å². The molecule has 0 spiro atoms. The highest BCUT2D eigenvalue weighted by Crippen LogP contribution is 2.41. The van der Waals surface area contributed by atoms with Crippen LogP contribution < -0.4 is 10.1 Å². The van der Waals surface area contributed by atoms with Gasteiger partial charge in [-0.25, -0.2) is 4.79 Å². The molecule has 0 heterocycles. The van der Waals surface area contributed by atoms with Gasteiger partial charge < -0.3 is 14.8 Å². The van der Waals surface area contributed by atoms with Crippen LogP contribution in [0.1, 0.15) is 195 Å². The first kappa shape index (κ1) is 41.0. The number of benzene rings is 1. The maximum atomic E-state index is 12.7. The molecule has 0 bridgehead atoms. The first-order valence-corrected chi connectivity index (χ1v) is 18.4. The monoisotopic (exact) mass is 630 g/mol. The molecule has 5 nitrogen and oxygen atoms in total. The summed E-state index contributed by atoms with van der Waals surface area (Å²) in [6, 6.07) is 4.19. The average Bonchev–Trinajstić information content (AvgIpc) is 2.91. The molecule has 0 aromatic heterocycles. The summed E-state index contributed by atoms with van der Waals surface area (Å²) in [6.45, 7) is 21.2. The molecule has 0 aliphatic heterocycles. The molecule has 45 heavy (non-hydrogen) atoms. The molecule has 1 amide bonds. The molecule has 260 valence electrons. The van der Waals surface area contributed by atoms with Crippen LogP contribution in [-0.4, -0.2) is 24.2 Å². The van der Waals surface area contributed by atoms with E-state index < -0.39 is 11.8 Å². The second kappa shape index (κ2) is 21.0. The second-order valence-electron chi connectivity index (χ2n) is 16.2. The summed E-state index contributed by atoms with van der Waals surface area (Å²) in [4.78, 5) is 25.4. The van der Waals surface area contributed by atoms with Crippen molar-refractivity contribution in [1.29, 1.82) is 0 Å². The normalized spacial score (nSPS) is 12.3. The minimum absolute atomic E-state index is 0.0969. The molecule has 1 aromatic carbocycles. The van der Waals surface area contributed by atoms with E-state index in [-0.39, 0.29) is 16.7 Å². The molecule has 0 aliphatic rings. The Hall–Kier alpha value is -2.04. The zero-order valence-electron chi connectivity index (χ0n) is 31.2. The van der Waals surface area contributed by atoms with E-state index in [1.807, 2.05) is 20.8 Å². The highest BCUT2D eigenvalue weighted by molar-refractivity contribution is 5.76. The fraction of sp³-hybridized carbons (Fsp3) is 0.800. The van der Waals surface area contributed by atoms with Gasteiger partial charge in [-0.2, -0.15) is 0 Å². The minimum Gasteiger partial charge on any atom is -0.428 e. The number of carbonyl (C=O) groups is 2. The summed E-state index contributed by atoms with van der Waals surface area (Å²) in [6.07, 6.45) is 22.0. The predicted octanol–water partition coefficient (Wildman–Crippen LogP) is 11.9. The molecule has 0 atom stereocenters. The van der Waals surface area contributed by atoms with Gasteiger partial charge in [0, 0.05) is 24.1 Å². The number of ether oxygens (including phenoxy) is 2. The molecule has 0 saturated heterocycles. The van der Waals surface area contributed by atoms with Crippen LogP contribution in [-0.2, 0) is 26.8 Å². The Morgan fingerprint density at radius 2 is 1.02 bits per heavy atom. The molecule has 0 saturated carbocycles. The third-order valence-electron chi connectivity index (χ3n) is 8.33. The number of nitrogens with one attached hydrogen (secondary N) is 1. The van der Waals surface area contributed by atoms with E-state index in [9.17, 15) is 9.59 Å². The summed E-state index contributed by atoms with van der Waals surface area (Å²) < 4.78 is 11.4. The Morgan fingerprint density at radius 3 is 1.40 bits per heavy atom. The summed E-state index contributed by atoms with van der Waals surface area (Å²) in [5, 5.41) is 3.13. The number of hydrogen-bond acceptors (Lipinski definition) is 4. The Balaban J connectivity index is 2.42. The predicted molar refractivity (Wildman–Crippen MR) is 192 cm³/mol. The number of aryl methyl sites for hydroxylation is 1. The third-order valence-corrected chi connectivity index (χ3v) is 8.33. The van der Waals surface area contributed by atoms with E-state index >= 15 is 0 Å². The van der Waals surface area contributed by atoms with Crippen molar-refractivity contribution in [2.45, 2.75) is 201 Å². The van der Waals surface area contributed by atoms with E-state index in [4.69, 9.17) is 9.47 Å². The zero-order chi connectivity index (χ0) is 33.9. The quantitative estimate of drug-likeness (QED) is 0.0834. The number of unbranched alkanes of at least 4 members (excludes halogenated alkanes) is 15. The van der Waals surface area contributed by atoms with Gasteiger partial charge in [0.1, 0.15) is 11.4 Å². The molecule has 5 heteroatoms. The van der Waals surface area contributed by atoms with Crippen molar-refractivity contribution in [2.24, 2.45) is 0 Å². The molecule has 1 N–H and O–H groups in total. The number of carbonyl (C=O) groups excluding carboxylic acids is 2. The maximum Gasteiger partial charge on any atom is 0.514 e. The van der Waals surface area contributed by atoms with Gasteiger partial charge >= 0.3 is 6.16 Å². The first-order chi connectivity index (χ1) is 21.0. The number of amides is 1. The van der Waals surface area contributed by atoms with E-state index in [1.54, 1.807) is 0 Å². The molecule has 0 unspecified atom stereocenters. The second-order valence-corrected chi connectivity index (χ2v) is 16.2. The lowest BCUT2D eigenvalue weighted by Crippen LogP contribution is -2.28. The van der Waals surface area contributed by atoms with Crippen molar-refractivity contribution in [2.75, 3.05) is 6.54 Å². The minimum atomic E-state index is -0.695. The van der Waals surface area contributed by atoms with Crippen LogP contribution in [0.3, 0.4) is 0 Å². The lowest BCUT2D eigenvalue weighted by atomic mass is 9.78. The van der Waals surface area contributed by atoms with Crippen molar-refractivity contribution in [3.05, 3.63) is 28.8 Å². The molecule has 0 aliphatic carbocycles. The SMILES string of the molecule is CCCCCCCCCCCCCCCCCCNC(=O)CCc1cc(C(C)(C)C)c(OC(=O)OC(C)(C)C)c(C(C)(C)C)c1. The molecule has 1 aromatic rings. The third kappa shape index (κ3) is 19.3. The highest BCUT2D eigenvalue weighted by Gasteiger charge is 2.30. The Bertz CT molecular complexity index is 942. The fourth-order valence-corrected chi connectivity index (χ4v) is 5.66. The zero-order valence-corrected chi connectivity index (χ0v) is 31.2. The van der Waals surface area contributed by atoms with Crippen molar-refractivity contribution in [1.82, 2.24) is 5.32 Å². The van der Waals surface area contributed by atoms with E-state index in [2.05, 4.69) is 65.9 Å². The van der Waals surface area contributed by atoms with Gasteiger partial charge in [-0.1, -0.05) is 157 Å². The molecule has 0 fully saturated rings. The standard InChI is InChI=1S/C40H71NO4/c1-11-12-13-14-15-16-17-18-19-20-21-22-23-24-25-26-29-41-35(42)28-27-32-30-33(38(2,3)4)36(34(31-32)39(5,6)7)44-37(43)45-40(8,9)10/h30-31H,11-29H2,1-10H3,(H,41,42). The average molecular weight is 630 g/mol. The first-order valence-electron chi connectivity index (χ1n) is 18.4. The van der Waals surface area contributed by atoms with Crippen molar-refractivity contribution >= 4 is 12.1 Å². The van der Waals surface area contributed by atoms with Crippen LogP contribution in [0.15, 0.2) is 12.1 Å². The van der Waals surface area contributed by atoms with Crippen molar-refractivity contribution in [3.63, 3.8) is 0 Å². The van der Waals surface area contributed by atoms with Crippen LogP contribution in [0, 0.1) is 0 Å². The van der Waals surface area contributed by atoms with Crippen molar-refractivity contribution in [3.8, 4) is 5.75 Å². The van der Waals surface area contributed by atoms with E-state index in [1.165, 1.54) is 96.3 Å². The van der Waals surface area contributed by atoms with Gasteiger partial charge in [0.2, 0.25) is 5.91 Å². The van der Waals surface area contributed by atoms with Gasteiger partial charge in [-0.3, -0.25) is 4.79 Å². The van der Waals surface area contributed by atoms with Gasteiger partial charge in [-0.05, 0) is 50.0 Å². The molecular formula is C40H71NO4. The molecule has 0 radical (unpaired) electrons. The van der Waals surface area contributed by atoms with Gasteiger partial charge in [0.05, 0.1) is 0 Å². The number of hydrogen-bond donors (Lipinski definition) is 1. The van der Waals surface area contributed by atoms with Crippen LogP contribution >= 0.6 is 0 Å². The highest BCUT2D eigenvalue weighted by atomic mass is 16.7. The van der Waals surface area contributed by atoms with Gasteiger partial charge in [-0.15, -0.1) is 0 Å². The largest absolute Gasteiger partial charge is 0.514 e. The van der Waals surface area contributed by atoms with E-state index in [0.717, 1.165) is 29.7 Å².